The van der Waals surface area contributed by atoms with E-state index >= 15 is 0 Å². The first-order valence-electron chi connectivity index (χ1n) is 4.80. The number of ether oxygens (including phenoxy) is 2. The maximum Gasteiger partial charge on any atom is 0.338 e. The Kier molecular flexibility index (Phi) is 4.05. The lowest BCUT2D eigenvalue weighted by atomic mass is 10.1. The standard InChI is InChI=1S/C12H13FO3/c1-4-16-8(2)11-9(12(14)15-3)6-5-7-10(11)13/h5-7H,2,4H2,1,3H3. The van der Waals surface area contributed by atoms with E-state index < -0.39 is 11.8 Å². The molecule has 0 saturated heterocycles. The van der Waals surface area contributed by atoms with Gasteiger partial charge in [-0.3, -0.25) is 0 Å². The Hall–Kier alpha value is -1.84. The van der Waals surface area contributed by atoms with E-state index in [2.05, 4.69) is 11.3 Å². The van der Waals surface area contributed by atoms with Crippen molar-refractivity contribution in [3.63, 3.8) is 0 Å². The maximum atomic E-state index is 13.6. The van der Waals surface area contributed by atoms with Crippen molar-refractivity contribution in [3.05, 3.63) is 41.7 Å². The summed E-state index contributed by atoms with van der Waals surface area (Å²) in [5.74, 6) is -1.04. The summed E-state index contributed by atoms with van der Waals surface area (Å²) >= 11 is 0. The van der Waals surface area contributed by atoms with E-state index in [0.29, 0.717) is 6.61 Å². The van der Waals surface area contributed by atoms with Crippen LogP contribution in [0.15, 0.2) is 24.8 Å². The SMILES string of the molecule is C=C(OCC)c1c(F)cccc1C(=O)OC. The Labute approximate surface area is 93.5 Å². The molecule has 1 aromatic rings. The van der Waals surface area contributed by atoms with Gasteiger partial charge in [0, 0.05) is 0 Å². The van der Waals surface area contributed by atoms with Crippen molar-refractivity contribution in [3.8, 4) is 0 Å². The first-order valence-corrected chi connectivity index (χ1v) is 4.80. The molecule has 0 N–H and O–H groups in total. The zero-order valence-corrected chi connectivity index (χ0v) is 9.25. The van der Waals surface area contributed by atoms with Crippen molar-refractivity contribution >= 4 is 11.7 Å². The number of hydrogen-bond acceptors (Lipinski definition) is 3. The first kappa shape index (κ1) is 12.2. The summed E-state index contributed by atoms with van der Waals surface area (Å²) in [5.41, 5.74) is 0.164. The quantitative estimate of drug-likeness (QED) is 0.582. The molecule has 0 radical (unpaired) electrons. The third-order valence-electron chi connectivity index (χ3n) is 2.02. The Morgan fingerprint density at radius 3 is 2.75 bits per heavy atom. The van der Waals surface area contributed by atoms with Crippen LogP contribution in [0.5, 0.6) is 0 Å². The lowest BCUT2D eigenvalue weighted by Gasteiger charge is -2.11. The van der Waals surface area contributed by atoms with Crippen LogP contribution in [0, 0.1) is 5.82 Å². The van der Waals surface area contributed by atoms with E-state index in [0.717, 1.165) is 0 Å². The Balaban J connectivity index is 3.23. The fraction of sp³-hybridized carbons (Fsp3) is 0.250. The molecule has 0 unspecified atom stereocenters. The van der Waals surface area contributed by atoms with Crippen LogP contribution in [0.2, 0.25) is 0 Å². The van der Waals surface area contributed by atoms with Crippen LogP contribution >= 0.6 is 0 Å². The van der Waals surface area contributed by atoms with Crippen LogP contribution in [-0.2, 0) is 9.47 Å². The fourth-order valence-electron chi connectivity index (χ4n) is 1.33. The molecule has 0 saturated carbocycles. The molecule has 0 fully saturated rings. The molecule has 0 aliphatic rings. The van der Waals surface area contributed by atoms with Gasteiger partial charge in [0.2, 0.25) is 0 Å². The van der Waals surface area contributed by atoms with Crippen LogP contribution < -0.4 is 0 Å². The monoisotopic (exact) mass is 224 g/mol. The topological polar surface area (TPSA) is 35.5 Å². The summed E-state index contributed by atoms with van der Waals surface area (Å²) in [6, 6.07) is 4.14. The largest absolute Gasteiger partial charge is 0.494 e. The molecular weight excluding hydrogens is 211 g/mol. The molecule has 0 bridgehead atoms. The van der Waals surface area contributed by atoms with Gasteiger partial charge in [0.05, 0.1) is 24.8 Å². The minimum absolute atomic E-state index is 0.0520. The molecule has 16 heavy (non-hydrogen) atoms. The Morgan fingerprint density at radius 1 is 1.50 bits per heavy atom. The van der Waals surface area contributed by atoms with Crippen LogP contribution in [0.25, 0.3) is 5.76 Å². The summed E-state index contributed by atoms with van der Waals surface area (Å²) in [6.45, 7) is 5.69. The van der Waals surface area contributed by atoms with Gasteiger partial charge in [-0.25, -0.2) is 9.18 Å². The highest BCUT2D eigenvalue weighted by atomic mass is 19.1. The van der Waals surface area contributed by atoms with E-state index in [9.17, 15) is 9.18 Å². The second-order valence-electron chi connectivity index (χ2n) is 3.01. The van der Waals surface area contributed by atoms with Crippen molar-refractivity contribution in [1.82, 2.24) is 0 Å². The smallest absolute Gasteiger partial charge is 0.338 e. The molecule has 3 nitrogen and oxygen atoms in total. The van der Waals surface area contributed by atoms with Crippen LogP contribution in [-0.4, -0.2) is 19.7 Å². The van der Waals surface area contributed by atoms with Crippen molar-refractivity contribution in [2.75, 3.05) is 13.7 Å². The highest BCUT2D eigenvalue weighted by Crippen LogP contribution is 2.23. The number of benzene rings is 1. The second-order valence-corrected chi connectivity index (χ2v) is 3.01. The van der Waals surface area contributed by atoms with Crippen LogP contribution in [0.1, 0.15) is 22.8 Å². The first-order chi connectivity index (χ1) is 7.61. The number of halogens is 1. The van der Waals surface area contributed by atoms with Gasteiger partial charge in [0.15, 0.2) is 0 Å². The molecule has 1 aromatic carbocycles. The van der Waals surface area contributed by atoms with Gasteiger partial charge in [0.25, 0.3) is 0 Å². The van der Waals surface area contributed by atoms with E-state index in [4.69, 9.17) is 4.74 Å². The molecule has 0 atom stereocenters. The van der Waals surface area contributed by atoms with Crippen molar-refractivity contribution in [2.45, 2.75) is 6.92 Å². The van der Waals surface area contributed by atoms with Crippen molar-refractivity contribution in [1.29, 1.82) is 0 Å². The zero-order valence-electron chi connectivity index (χ0n) is 9.25. The molecule has 1 rings (SSSR count). The number of rotatable bonds is 4. The molecule has 86 valence electrons. The molecular formula is C12H13FO3. The van der Waals surface area contributed by atoms with Gasteiger partial charge in [0.1, 0.15) is 11.6 Å². The van der Waals surface area contributed by atoms with Gasteiger partial charge in [-0.2, -0.15) is 0 Å². The third-order valence-corrected chi connectivity index (χ3v) is 2.02. The van der Waals surface area contributed by atoms with Crippen molar-refractivity contribution < 1.29 is 18.7 Å². The average Bonchev–Trinajstić information content (AvgIpc) is 2.27. The predicted octanol–water partition coefficient (Wildman–Crippen LogP) is 2.62. The normalized spacial score (nSPS) is 9.69. The molecule has 0 spiro atoms. The van der Waals surface area contributed by atoms with E-state index in [-0.39, 0.29) is 16.9 Å². The van der Waals surface area contributed by atoms with Crippen LogP contribution in [0.4, 0.5) is 4.39 Å². The molecule has 0 aliphatic carbocycles. The van der Waals surface area contributed by atoms with Gasteiger partial charge < -0.3 is 9.47 Å². The Bertz CT molecular complexity index is 413. The third kappa shape index (κ3) is 2.39. The second kappa shape index (κ2) is 5.30. The lowest BCUT2D eigenvalue weighted by Crippen LogP contribution is -2.08. The van der Waals surface area contributed by atoms with E-state index in [1.165, 1.54) is 25.3 Å². The minimum atomic E-state index is -0.615. The summed E-state index contributed by atoms with van der Waals surface area (Å²) < 4.78 is 23.2. The number of esters is 1. The number of methoxy groups -OCH3 is 1. The van der Waals surface area contributed by atoms with Crippen molar-refractivity contribution in [2.24, 2.45) is 0 Å². The maximum absolute atomic E-state index is 13.6. The van der Waals surface area contributed by atoms with E-state index in [1.54, 1.807) is 6.92 Å². The summed E-state index contributed by atoms with van der Waals surface area (Å²) in [7, 11) is 1.24. The molecule has 0 heterocycles. The van der Waals surface area contributed by atoms with Gasteiger partial charge >= 0.3 is 5.97 Å². The van der Waals surface area contributed by atoms with Gasteiger partial charge in [-0.1, -0.05) is 12.6 Å². The lowest BCUT2D eigenvalue weighted by molar-refractivity contribution is 0.0599. The molecule has 0 aromatic heterocycles. The molecule has 0 amide bonds. The minimum Gasteiger partial charge on any atom is -0.494 e. The van der Waals surface area contributed by atoms with Gasteiger partial charge in [-0.15, -0.1) is 0 Å². The Morgan fingerprint density at radius 2 is 2.19 bits per heavy atom. The molecule has 4 heteroatoms. The summed E-state index contributed by atoms with van der Waals surface area (Å²) in [5, 5.41) is 0. The zero-order chi connectivity index (χ0) is 12.1. The average molecular weight is 224 g/mol. The number of carbonyl (C=O) groups is 1. The van der Waals surface area contributed by atoms with Crippen LogP contribution in [0.3, 0.4) is 0 Å². The molecule has 0 aliphatic heterocycles. The number of carbonyl (C=O) groups excluding carboxylic acids is 1. The van der Waals surface area contributed by atoms with Gasteiger partial charge in [-0.05, 0) is 19.1 Å². The summed E-state index contributed by atoms with van der Waals surface area (Å²) in [4.78, 5) is 11.4. The predicted molar refractivity (Wildman–Crippen MR) is 58.4 cm³/mol. The number of hydrogen-bond donors (Lipinski definition) is 0. The highest BCUT2D eigenvalue weighted by Gasteiger charge is 2.18. The highest BCUT2D eigenvalue weighted by molar-refractivity contribution is 5.94. The van der Waals surface area contributed by atoms with E-state index in [1.807, 2.05) is 0 Å². The fourth-order valence-corrected chi connectivity index (χ4v) is 1.33. The summed E-state index contributed by atoms with van der Waals surface area (Å²) in [6.07, 6.45) is 0.